The first-order valence-electron chi connectivity index (χ1n) is 1.99. The molecule has 0 atom stereocenters. The summed E-state index contributed by atoms with van der Waals surface area (Å²) in [5.74, 6) is 0. The summed E-state index contributed by atoms with van der Waals surface area (Å²) in [6, 6.07) is 0. The molecule has 0 N–H and O–H groups in total. The van der Waals surface area contributed by atoms with Gasteiger partial charge in [0, 0.05) is 5.33 Å². The lowest BCUT2D eigenvalue weighted by molar-refractivity contribution is -0.111. The second-order valence-corrected chi connectivity index (χ2v) is 1.72. The Morgan fingerprint density at radius 1 is 1.71 bits per heavy atom. The van der Waals surface area contributed by atoms with Gasteiger partial charge in [-0.15, -0.1) is 0 Å². The predicted molar refractivity (Wildman–Crippen MR) is 30.7 cm³/mol. The number of carbonyl (C=O) groups is 1. The zero-order valence-electron chi connectivity index (χ0n) is 3.89. The summed E-state index contributed by atoms with van der Waals surface area (Å²) in [6.45, 7) is 0.824. The van der Waals surface area contributed by atoms with E-state index >= 15 is 0 Å². The van der Waals surface area contributed by atoms with Crippen molar-refractivity contribution in [1.82, 2.24) is 0 Å². The van der Waals surface area contributed by atoms with Gasteiger partial charge in [-0.25, -0.2) is 0 Å². The van der Waals surface area contributed by atoms with Gasteiger partial charge in [0.05, 0.1) is 6.61 Å². The SMILES string of the molecule is O=CCOCCBr. The van der Waals surface area contributed by atoms with Gasteiger partial charge in [-0.3, -0.25) is 0 Å². The highest BCUT2D eigenvalue weighted by molar-refractivity contribution is 9.09. The second-order valence-electron chi connectivity index (χ2n) is 0.931. The first-order valence-corrected chi connectivity index (χ1v) is 3.11. The summed E-state index contributed by atoms with van der Waals surface area (Å²) in [4.78, 5) is 9.54. The van der Waals surface area contributed by atoms with Crippen LogP contribution in [-0.2, 0) is 9.53 Å². The normalized spacial score (nSPS) is 8.71. The van der Waals surface area contributed by atoms with Crippen LogP contribution in [0.15, 0.2) is 0 Å². The smallest absolute Gasteiger partial charge is 0.145 e. The molecular weight excluding hydrogens is 160 g/mol. The Balaban J connectivity index is 2.56. The summed E-state index contributed by atoms with van der Waals surface area (Å²) in [5.41, 5.74) is 0. The number of aldehydes is 1. The molecule has 0 rings (SSSR count). The zero-order chi connectivity index (χ0) is 5.54. The minimum absolute atomic E-state index is 0.214. The Hall–Kier alpha value is 0.110. The average molecular weight is 167 g/mol. The van der Waals surface area contributed by atoms with Gasteiger partial charge in [0.2, 0.25) is 0 Å². The van der Waals surface area contributed by atoms with Crippen LogP contribution in [0.3, 0.4) is 0 Å². The largest absolute Gasteiger partial charge is 0.373 e. The van der Waals surface area contributed by atoms with E-state index in [1.54, 1.807) is 0 Å². The van der Waals surface area contributed by atoms with Crippen molar-refractivity contribution in [2.45, 2.75) is 0 Å². The fourth-order valence-corrected chi connectivity index (χ4v) is 0.415. The van der Waals surface area contributed by atoms with Crippen LogP contribution in [-0.4, -0.2) is 24.8 Å². The predicted octanol–water partition coefficient (Wildman–Crippen LogP) is 0.597. The molecule has 3 heteroatoms. The van der Waals surface area contributed by atoms with E-state index in [0.29, 0.717) is 6.61 Å². The minimum atomic E-state index is 0.214. The Bertz CT molecular complexity index is 47.0. The molecule has 0 saturated carbocycles. The first kappa shape index (κ1) is 7.11. The molecule has 0 amide bonds. The molecule has 0 radical (unpaired) electrons. The van der Waals surface area contributed by atoms with Crippen LogP contribution >= 0.6 is 15.9 Å². The third kappa shape index (κ3) is 6.11. The van der Waals surface area contributed by atoms with Crippen molar-refractivity contribution in [1.29, 1.82) is 0 Å². The van der Waals surface area contributed by atoms with Gasteiger partial charge in [0.1, 0.15) is 12.9 Å². The fraction of sp³-hybridized carbons (Fsp3) is 0.750. The fourth-order valence-electron chi connectivity index (χ4n) is 0.186. The molecule has 0 spiro atoms. The standard InChI is InChI=1S/C4H7BrO2/c5-1-3-7-4-2-6/h2H,1,3-4H2. The Labute approximate surface area is 51.0 Å². The first-order chi connectivity index (χ1) is 3.41. The van der Waals surface area contributed by atoms with Crippen molar-refractivity contribution in [2.24, 2.45) is 0 Å². The number of rotatable bonds is 4. The maximum Gasteiger partial charge on any atom is 0.145 e. The molecule has 0 aliphatic carbocycles. The highest BCUT2D eigenvalue weighted by atomic mass is 79.9. The van der Waals surface area contributed by atoms with Crippen LogP contribution in [0.1, 0.15) is 0 Å². The highest BCUT2D eigenvalue weighted by Crippen LogP contribution is 1.78. The number of ether oxygens (including phenoxy) is 1. The highest BCUT2D eigenvalue weighted by Gasteiger charge is 1.78. The van der Waals surface area contributed by atoms with E-state index < -0.39 is 0 Å². The maximum absolute atomic E-state index is 9.54. The average Bonchev–Trinajstić information content (AvgIpc) is 1.69. The van der Waals surface area contributed by atoms with Gasteiger partial charge in [-0.05, 0) is 0 Å². The molecule has 2 nitrogen and oxygen atoms in total. The van der Waals surface area contributed by atoms with E-state index in [2.05, 4.69) is 15.9 Å². The van der Waals surface area contributed by atoms with E-state index in [1.807, 2.05) is 0 Å². The van der Waals surface area contributed by atoms with Crippen LogP contribution in [0, 0.1) is 0 Å². The quantitative estimate of drug-likeness (QED) is 0.348. The van der Waals surface area contributed by atoms with Gasteiger partial charge in [0.25, 0.3) is 0 Å². The summed E-state index contributed by atoms with van der Waals surface area (Å²) < 4.78 is 4.72. The van der Waals surface area contributed by atoms with Crippen LogP contribution in [0.4, 0.5) is 0 Å². The van der Waals surface area contributed by atoms with Crippen LogP contribution in [0.2, 0.25) is 0 Å². The van der Waals surface area contributed by atoms with Crippen molar-refractivity contribution in [2.75, 3.05) is 18.5 Å². The van der Waals surface area contributed by atoms with E-state index in [1.165, 1.54) is 0 Å². The topological polar surface area (TPSA) is 26.3 Å². The maximum atomic E-state index is 9.54. The molecule has 0 aromatic carbocycles. The molecular formula is C4H7BrO2. The monoisotopic (exact) mass is 166 g/mol. The van der Waals surface area contributed by atoms with Gasteiger partial charge in [-0.1, -0.05) is 15.9 Å². The molecule has 0 aliphatic rings. The van der Waals surface area contributed by atoms with Crippen LogP contribution < -0.4 is 0 Å². The number of carbonyl (C=O) groups excluding carboxylic acids is 1. The number of hydrogen-bond acceptors (Lipinski definition) is 2. The molecule has 0 saturated heterocycles. The molecule has 0 aliphatic heterocycles. The van der Waals surface area contributed by atoms with Crippen molar-refractivity contribution in [3.8, 4) is 0 Å². The Morgan fingerprint density at radius 3 is 2.86 bits per heavy atom. The summed E-state index contributed by atoms with van der Waals surface area (Å²) in [7, 11) is 0. The summed E-state index contributed by atoms with van der Waals surface area (Å²) in [5, 5.41) is 0.792. The second kappa shape index (κ2) is 6.11. The molecule has 0 aromatic rings. The molecule has 0 bridgehead atoms. The minimum Gasteiger partial charge on any atom is -0.373 e. The van der Waals surface area contributed by atoms with Gasteiger partial charge < -0.3 is 9.53 Å². The third-order valence-electron chi connectivity index (χ3n) is 0.407. The molecule has 0 fully saturated rings. The zero-order valence-corrected chi connectivity index (χ0v) is 5.48. The summed E-state index contributed by atoms with van der Waals surface area (Å²) in [6.07, 6.45) is 0.739. The lowest BCUT2D eigenvalue weighted by Gasteiger charge is -1.90. The Kier molecular flexibility index (Phi) is 6.21. The van der Waals surface area contributed by atoms with Crippen molar-refractivity contribution in [3.63, 3.8) is 0 Å². The summed E-state index contributed by atoms with van der Waals surface area (Å²) >= 11 is 3.14. The van der Waals surface area contributed by atoms with Crippen LogP contribution in [0.5, 0.6) is 0 Å². The van der Waals surface area contributed by atoms with Crippen LogP contribution in [0.25, 0.3) is 0 Å². The van der Waals surface area contributed by atoms with Gasteiger partial charge in [-0.2, -0.15) is 0 Å². The number of hydrogen-bond donors (Lipinski definition) is 0. The van der Waals surface area contributed by atoms with Gasteiger partial charge in [0.15, 0.2) is 0 Å². The lowest BCUT2D eigenvalue weighted by atomic mass is 10.8. The van der Waals surface area contributed by atoms with Gasteiger partial charge >= 0.3 is 0 Å². The molecule has 42 valence electrons. The van der Waals surface area contributed by atoms with Crippen molar-refractivity contribution >= 4 is 22.2 Å². The van der Waals surface area contributed by atoms with E-state index in [0.717, 1.165) is 11.6 Å². The number of halogens is 1. The third-order valence-corrected chi connectivity index (χ3v) is 0.731. The van der Waals surface area contributed by atoms with E-state index in [9.17, 15) is 4.79 Å². The van der Waals surface area contributed by atoms with E-state index in [-0.39, 0.29) is 6.61 Å². The number of alkyl halides is 1. The molecule has 0 aromatic heterocycles. The molecule has 0 heterocycles. The Morgan fingerprint density at radius 2 is 2.43 bits per heavy atom. The molecule has 7 heavy (non-hydrogen) atoms. The van der Waals surface area contributed by atoms with Crippen molar-refractivity contribution < 1.29 is 9.53 Å². The lowest BCUT2D eigenvalue weighted by Crippen LogP contribution is -1.97. The molecule has 0 unspecified atom stereocenters. The van der Waals surface area contributed by atoms with E-state index in [4.69, 9.17) is 4.74 Å². The van der Waals surface area contributed by atoms with Crippen molar-refractivity contribution in [3.05, 3.63) is 0 Å².